The molecule has 208 valence electrons. The zero-order chi connectivity index (χ0) is 28.3. The highest BCUT2D eigenvalue weighted by molar-refractivity contribution is 5.88. The predicted octanol–water partition coefficient (Wildman–Crippen LogP) is 1.13. The van der Waals surface area contributed by atoms with E-state index in [1.165, 1.54) is 5.56 Å². The highest BCUT2D eigenvalue weighted by Crippen LogP contribution is 2.38. The Bertz CT molecular complexity index is 1080. The molecule has 0 unspecified atom stereocenters. The van der Waals surface area contributed by atoms with Gasteiger partial charge in [-0.15, -0.1) is 0 Å². The molecule has 0 bridgehead atoms. The van der Waals surface area contributed by atoms with Crippen LogP contribution in [0.2, 0.25) is 0 Å². The number of fused-ring (bicyclic) bond motifs is 1. The molecule has 0 spiro atoms. The van der Waals surface area contributed by atoms with E-state index in [0.29, 0.717) is 0 Å². The van der Waals surface area contributed by atoms with E-state index in [4.69, 9.17) is 34.6 Å². The van der Waals surface area contributed by atoms with Gasteiger partial charge in [-0.25, -0.2) is 4.79 Å². The highest BCUT2D eigenvalue weighted by atomic mass is 16.7. The molecule has 0 atom stereocenters. The first-order valence-electron chi connectivity index (χ1n) is 11.6. The summed E-state index contributed by atoms with van der Waals surface area (Å²) >= 11 is 0. The van der Waals surface area contributed by atoms with Crippen molar-refractivity contribution in [1.29, 1.82) is 0 Å². The van der Waals surface area contributed by atoms with Crippen LogP contribution in [0.25, 0.3) is 0 Å². The molecule has 0 amide bonds. The van der Waals surface area contributed by atoms with E-state index in [9.17, 15) is 14.4 Å². The second-order valence-electron chi connectivity index (χ2n) is 8.86. The van der Waals surface area contributed by atoms with Crippen molar-refractivity contribution in [3.05, 3.63) is 47.8 Å². The third-order valence-corrected chi connectivity index (χ3v) is 5.47. The van der Waals surface area contributed by atoms with Crippen molar-refractivity contribution in [3.8, 4) is 17.2 Å². The molecule has 1 aliphatic rings. The van der Waals surface area contributed by atoms with Gasteiger partial charge in [-0.3, -0.25) is 19.5 Å². The third-order valence-electron chi connectivity index (χ3n) is 5.47. The Balaban J connectivity index is 0.000000332. The lowest BCUT2D eigenvalue weighted by Crippen LogP contribution is -2.42. The predicted molar refractivity (Wildman–Crippen MR) is 133 cm³/mol. The topological polar surface area (TPSA) is 179 Å². The summed E-state index contributed by atoms with van der Waals surface area (Å²) < 4.78 is 16.5. The van der Waals surface area contributed by atoms with Crippen LogP contribution in [0.5, 0.6) is 17.2 Å². The lowest BCUT2D eigenvalue weighted by atomic mass is 9.96. The van der Waals surface area contributed by atoms with Crippen LogP contribution in [0.4, 0.5) is 0 Å². The first-order valence-corrected chi connectivity index (χ1v) is 11.6. The van der Waals surface area contributed by atoms with Crippen LogP contribution in [0, 0.1) is 0 Å². The summed E-state index contributed by atoms with van der Waals surface area (Å²) in [5, 5.41) is 33.8. The van der Waals surface area contributed by atoms with Gasteiger partial charge in [0.25, 0.3) is 0 Å². The van der Waals surface area contributed by atoms with Gasteiger partial charge in [0.15, 0.2) is 17.1 Å². The molecule has 13 nitrogen and oxygen atoms in total. The summed E-state index contributed by atoms with van der Waals surface area (Å²) in [6.07, 6.45) is 1.38. The molecule has 0 fully saturated rings. The zero-order valence-corrected chi connectivity index (χ0v) is 21.5. The molecular formula is C25H33N3O10. The van der Waals surface area contributed by atoms with Crippen LogP contribution in [-0.2, 0) is 27.5 Å². The molecule has 0 saturated heterocycles. The molecule has 13 heteroatoms. The fourth-order valence-corrected chi connectivity index (χ4v) is 3.54. The number of aromatic nitrogens is 1. The lowest BCUT2D eigenvalue weighted by molar-refractivity contribution is -0.170. The first kappa shape index (κ1) is 30.3. The smallest absolute Gasteiger partial charge is 0.336 e. The number of rotatable bonds is 13. The number of hydrogen-bond acceptors (Lipinski definition) is 10. The molecule has 2 heterocycles. The minimum absolute atomic E-state index is 0.267. The monoisotopic (exact) mass is 535 g/mol. The molecule has 38 heavy (non-hydrogen) atoms. The number of benzene rings is 1. The number of aliphatic carboxylic acids is 3. The van der Waals surface area contributed by atoms with E-state index in [-0.39, 0.29) is 6.79 Å². The van der Waals surface area contributed by atoms with Gasteiger partial charge in [0.1, 0.15) is 5.75 Å². The van der Waals surface area contributed by atoms with Crippen LogP contribution < -0.4 is 14.2 Å². The molecule has 4 N–H and O–H groups in total. The Kier molecular flexibility index (Phi) is 11.3. The van der Waals surface area contributed by atoms with Crippen LogP contribution in [0.1, 0.15) is 24.0 Å². The minimum Gasteiger partial charge on any atom is -0.496 e. The Morgan fingerprint density at radius 3 is 2.05 bits per heavy atom. The Morgan fingerprint density at radius 1 is 0.974 bits per heavy atom. The number of ether oxygens (including phenoxy) is 3. The third kappa shape index (κ3) is 9.50. The number of carboxylic acids is 3. The summed E-state index contributed by atoms with van der Waals surface area (Å²) in [4.78, 5) is 39.2. The second kappa shape index (κ2) is 14.1. The standard InChI is InChI=1S/C19H25N3O3.C6H8O7/c1-21(2)8-9-22(12-15-4-6-20-7-5-15)13-16-10-18-19(25-14-24-18)11-17(16)23-3;7-3(8)1-6(13,5(11)12)2-4(9)10/h4-7,10-11H,8-9,12-14H2,1-3H3;13H,1-2H2,(H,7,8)(H,9,10)(H,11,12). The fourth-order valence-electron chi connectivity index (χ4n) is 3.54. The molecule has 0 saturated carbocycles. The zero-order valence-electron chi connectivity index (χ0n) is 21.5. The lowest BCUT2D eigenvalue weighted by Gasteiger charge is -2.25. The van der Waals surface area contributed by atoms with E-state index < -0.39 is 36.4 Å². The van der Waals surface area contributed by atoms with Gasteiger partial charge >= 0.3 is 17.9 Å². The fraction of sp³-hybridized carbons (Fsp3) is 0.440. The quantitative estimate of drug-likeness (QED) is 0.287. The van der Waals surface area contributed by atoms with Crippen molar-refractivity contribution >= 4 is 17.9 Å². The summed E-state index contributed by atoms with van der Waals surface area (Å²) in [6.45, 7) is 3.83. The summed E-state index contributed by atoms with van der Waals surface area (Å²) in [5.41, 5.74) is -0.398. The SMILES string of the molecule is COc1cc2c(cc1CN(CCN(C)C)Cc1ccncc1)OCO2.O=C(O)CC(O)(CC(=O)O)C(=O)O. The Morgan fingerprint density at radius 2 is 1.55 bits per heavy atom. The van der Waals surface area contributed by atoms with Crippen molar-refractivity contribution in [3.63, 3.8) is 0 Å². The van der Waals surface area contributed by atoms with Crippen LogP contribution >= 0.6 is 0 Å². The summed E-state index contributed by atoms with van der Waals surface area (Å²) in [7, 11) is 5.87. The summed E-state index contributed by atoms with van der Waals surface area (Å²) in [5.74, 6) is -2.66. The van der Waals surface area contributed by atoms with E-state index in [1.54, 1.807) is 7.11 Å². The van der Waals surface area contributed by atoms with Crippen molar-refractivity contribution in [2.75, 3.05) is 41.1 Å². The Hall–Kier alpha value is -3.94. The normalized spacial score (nSPS) is 12.2. The molecule has 1 aromatic heterocycles. The number of carbonyl (C=O) groups is 3. The number of aliphatic hydroxyl groups is 1. The van der Waals surface area contributed by atoms with Crippen molar-refractivity contribution in [2.24, 2.45) is 0 Å². The van der Waals surface area contributed by atoms with Gasteiger partial charge in [0.2, 0.25) is 6.79 Å². The van der Waals surface area contributed by atoms with Gasteiger partial charge in [-0.1, -0.05) is 0 Å². The van der Waals surface area contributed by atoms with Crippen molar-refractivity contribution < 1.29 is 49.0 Å². The average molecular weight is 536 g/mol. The number of likely N-dealkylation sites (N-methyl/N-ethyl adjacent to an activating group) is 1. The highest BCUT2D eigenvalue weighted by Gasteiger charge is 2.40. The van der Waals surface area contributed by atoms with E-state index >= 15 is 0 Å². The van der Waals surface area contributed by atoms with Gasteiger partial charge in [-0.05, 0) is 37.9 Å². The second-order valence-corrected chi connectivity index (χ2v) is 8.86. The number of pyridine rings is 1. The van der Waals surface area contributed by atoms with Crippen molar-refractivity contribution in [2.45, 2.75) is 31.5 Å². The average Bonchev–Trinajstić information content (AvgIpc) is 3.29. The molecule has 3 rings (SSSR count). The minimum atomic E-state index is -2.74. The van der Waals surface area contributed by atoms with E-state index in [2.05, 4.69) is 41.0 Å². The molecule has 1 aliphatic heterocycles. The molecule has 1 aromatic carbocycles. The number of methoxy groups -OCH3 is 1. The van der Waals surface area contributed by atoms with Gasteiger partial charge < -0.3 is 39.5 Å². The van der Waals surface area contributed by atoms with Crippen LogP contribution in [-0.4, -0.2) is 99.8 Å². The van der Waals surface area contributed by atoms with E-state index in [0.717, 1.165) is 49.0 Å². The van der Waals surface area contributed by atoms with Gasteiger partial charge in [0, 0.05) is 50.2 Å². The molecule has 0 radical (unpaired) electrons. The molecule has 2 aromatic rings. The Labute approximate surface area is 219 Å². The first-order chi connectivity index (χ1) is 17.9. The molecular weight excluding hydrogens is 502 g/mol. The van der Waals surface area contributed by atoms with Crippen molar-refractivity contribution in [1.82, 2.24) is 14.8 Å². The van der Waals surface area contributed by atoms with Crippen LogP contribution in [0.3, 0.4) is 0 Å². The largest absolute Gasteiger partial charge is 0.496 e. The maximum atomic E-state index is 10.3. The molecule has 0 aliphatic carbocycles. The van der Waals surface area contributed by atoms with Crippen LogP contribution in [0.15, 0.2) is 36.7 Å². The van der Waals surface area contributed by atoms with Gasteiger partial charge in [0.05, 0.1) is 20.0 Å². The number of nitrogens with zero attached hydrogens (tertiary/aromatic N) is 3. The van der Waals surface area contributed by atoms with E-state index in [1.807, 2.05) is 24.5 Å². The maximum Gasteiger partial charge on any atom is 0.336 e. The maximum absolute atomic E-state index is 10.3. The number of carboxylic acid groups (broad SMARTS) is 3. The van der Waals surface area contributed by atoms with Gasteiger partial charge in [-0.2, -0.15) is 0 Å². The summed E-state index contributed by atoms with van der Waals surface area (Å²) in [6, 6.07) is 8.05. The number of hydrogen-bond donors (Lipinski definition) is 4.